The average Bonchev–Trinajstić information content (AvgIpc) is 2.53. The third-order valence-electron chi connectivity index (χ3n) is 8.91. The molecule has 0 amide bonds. The lowest BCUT2D eigenvalue weighted by molar-refractivity contribution is -0.251. The minimum absolute atomic E-state index is 0.199. The summed E-state index contributed by atoms with van der Waals surface area (Å²) in [7, 11) is -0.750. The zero-order valence-electron chi connectivity index (χ0n) is 17.0. The number of hydrogen-bond acceptors (Lipinski definition) is 4. The molecule has 6 aliphatic rings. The van der Waals surface area contributed by atoms with E-state index in [9.17, 15) is 10.2 Å². The first-order valence-corrected chi connectivity index (χ1v) is 10.0. The number of fused-ring (bicyclic) bond motifs is 4. The minimum atomic E-state index is -0.750. The van der Waals surface area contributed by atoms with Crippen molar-refractivity contribution in [1.29, 1.82) is 0 Å². The van der Waals surface area contributed by atoms with E-state index >= 15 is 0 Å². The fraction of sp³-hybridized carbons (Fsp3) is 1.00. The highest BCUT2D eigenvalue weighted by Gasteiger charge is 2.64. The highest BCUT2D eigenvalue weighted by atomic mass is 16.4. The Kier molecular flexibility index (Phi) is 5.78. The monoisotopic (exact) mass is 354 g/mol. The Balaban J connectivity index is 0.000000156. The number of aliphatic hydroxyl groups is 2. The van der Waals surface area contributed by atoms with Crippen molar-refractivity contribution in [2.75, 3.05) is 0 Å². The largest absolute Gasteiger partial charge is 0.432 e. The van der Waals surface area contributed by atoms with Crippen LogP contribution in [0.5, 0.6) is 0 Å². The lowest BCUT2D eigenvalue weighted by Gasteiger charge is -2.65. The van der Waals surface area contributed by atoms with Gasteiger partial charge < -0.3 is 20.3 Å². The van der Waals surface area contributed by atoms with Crippen molar-refractivity contribution in [2.45, 2.75) is 91.3 Å². The summed E-state index contributed by atoms with van der Waals surface area (Å²) in [5, 5.41) is 34.7. The van der Waals surface area contributed by atoms with E-state index in [0.717, 1.165) is 24.7 Å². The third-order valence-corrected chi connectivity index (χ3v) is 8.91. The van der Waals surface area contributed by atoms with Gasteiger partial charge >= 0.3 is 7.69 Å². The molecule has 4 N–H and O–H groups in total. The van der Waals surface area contributed by atoms with E-state index in [1.54, 1.807) is 0 Å². The molecule has 0 heterocycles. The van der Waals surface area contributed by atoms with Crippen LogP contribution in [0, 0.1) is 34.5 Å². The van der Waals surface area contributed by atoms with Crippen LogP contribution in [-0.4, -0.2) is 39.1 Å². The zero-order valence-corrected chi connectivity index (χ0v) is 17.0. The molecule has 25 heavy (non-hydrogen) atoms. The summed E-state index contributed by atoms with van der Waals surface area (Å²) in [5.41, 5.74) is -0.249. The molecule has 0 spiro atoms. The molecule has 146 valence electrons. The van der Waals surface area contributed by atoms with Crippen LogP contribution >= 0.6 is 0 Å². The Morgan fingerprint density at radius 3 is 1.12 bits per heavy atom. The van der Waals surface area contributed by atoms with Gasteiger partial charge in [0.05, 0.1) is 11.2 Å². The normalized spacial score (nSPS) is 47.6. The highest BCUT2D eigenvalue weighted by Crippen LogP contribution is 2.64. The summed E-state index contributed by atoms with van der Waals surface area (Å²) in [5.74, 6) is 2.62. The maximum Gasteiger partial charge on any atom is 0.432 e. The van der Waals surface area contributed by atoms with Gasteiger partial charge in [-0.05, 0) is 73.0 Å². The number of hydrogen-bond donors (Lipinski definition) is 4. The predicted molar refractivity (Wildman–Crippen MR) is 102 cm³/mol. The van der Waals surface area contributed by atoms with Gasteiger partial charge in [0.25, 0.3) is 0 Å². The summed E-state index contributed by atoms with van der Waals surface area (Å²) in [6, 6.07) is 0. The molecule has 6 aliphatic carbocycles. The fourth-order valence-electron chi connectivity index (χ4n) is 6.21. The van der Waals surface area contributed by atoms with Crippen LogP contribution < -0.4 is 0 Å². The van der Waals surface area contributed by atoms with Gasteiger partial charge in [-0.25, -0.2) is 0 Å². The predicted octanol–water partition coefficient (Wildman–Crippen LogP) is 2.62. The van der Waals surface area contributed by atoms with E-state index in [0.29, 0.717) is 11.8 Å². The smallest absolute Gasteiger partial charge is 0.430 e. The highest BCUT2D eigenvalue weighted by molar-refractivity contribution is 6.13. The minimum Gasteiger partial charge on any atom is -0.430 e. The van der Waals surface area contributed by atoms with Crippen LogP contribution in [0.15, 0.2) is 0 Å². The van der Waals surface area contributed by atoms with Crippen molar-refractivity contribution in [2.24, 2.45) is 34.5 Å². The molecule has 0 aromatic carbocycles. The standard InChI is InChI=1S/2C10H18O.BH3O2/c2*1-7-4-5-8-6-10(7,11)9(8,2)3;2-1-3/h2*7-8,11H,4-6H2,1-3H3;1-3H. The quantitative estimate of drug-likeness (QED) is 0.504. The lowest BCUT2D eigenvalue weighted by Crippen LogP contribution is -2.66. The molecule has 6 saturated carbocycles. The first kappa shape index (κ1) is 21.2. The van der Waals surface area contributed by atoms with Gasteiger partial charge in [0, 0.05) is 0 Å². The second kappa shape index (κ2) is 6.81. The summed E-state index contributed by atoms with van der Waals surface area (Å²) < 4.78 is 0. The van der Waals surface area contributed by atoms with E-state index in [1.807, 2.05) is 0 Å². The second-order valence-electron chi connectivity index (χ2n) is 10.2. The maximum absolute atomic E-state index is 10.2. The molecule has 4 nitrogen and oxygen atoms in total. The zero-order chi connectivity index (χ0) is 19.3. The van der Waals surface area contributed by atoms with Crippen molar-refractivity contribution in [3.63, 3.8) is 0 Å². The Labute approximate surface area is 154 Å². The fourth-order valence-corrected chi connectivity index (χ4v) is 6.21. The van der Waals surface area contributed by atoms with E-state index < -0.39 is 7.69 Å². The summed E-state index contributed by atoms with van der Waals surface area (Å²) in [4.78, 5) is 0. The Hall–Kier alpha value is -0.0951. The molecule has 4 bridgehead atoms. The van der Waals surface area contributed by atoms with Crippen LogP contribution in [0.4, 0.5) is 0 Å². The molecule has 0 aliphatic heterocycles. The first-order valence-electron chi connectivity index (χ1n) is 10.0. The maximum atomic E-state index is 10.2. The topological polar surface area (TPSA) is 80.9 Å². The SMILES string of the molecule is CC1CCC2CC1(O)C2(C)C.CC1CCC2CC1(O)C2(C)C.OBO. The first-order chi connectivity index (χ1) is 11.4. The van der Waals surface area contributed by atoms with E-state index in [-0.39, 0.29) is 22.0 Å². The van der Waals surface area contributed by atoms with Crippen LogP contribution in [0.3, 0.4) is 0 Å². The molecule has 0 radical (unpaired) electrons. The van der Waals surface area contributed by atoms with E-state index in [2.05, 4.69) is 41.5 Å². The Morgan fingerprint density at radius 2 is 0.960 bits per heavy atom. The van der Waals surface area contributed by atoms with Gasteiger partial charge in [0.1, 0.15) is 0 Å². The van der Waals surface area contributed by atoms with Crippen LogP contribution in [0.2, 0.25) is 0 Å². The van der Waals surface area contributed by atoms with Crippen molar-refractivity contribution in [1.82, 2.24) is 0 Å². The summed E-state index contributed by atoms with van der Waals surface area (Å²) >= 11 is 0. The molecule has 0 aromatic rings. The molecule has 6 fully saturated rings. The van der Waals surface area contributed by atoms with Gasteiger partial charge in [-0.15, -0.1) is 0 Å². The molecule has 6 atom stereocenters. The van der Waals surface area contributed by atoms with Gasteiger partial charge in [0.2, 0.25) is 0 Å². The molecule has 6 unspecified atom stereocenters. The number of rotatable bonds is 0. The van der Waals surface area contributed by atoms with Crippen molar-refractivity contribution >= 4 is 7.69 Å². The van der Waals surface area contributed by atoms with Crippen molar-refractivity contribution < 1.29 is 20.3 Å². The molecular weight excluding hydrogens is 315 g/mol. The van der Waals surface area contributed by atoms with Crippen molar-refractivity contribution in [3.8, 4) is 0 Å². The second-order valence-corrected chi connectivity index (χ2v) is 10.2. The summed E-state index contributed by atoms with van der Waals surface area (Å²) in [6.45, 7) is 13.3. The molecule has 5 heteroatoms. The van der Waals surface area contributed by atoms with E-state index in [4.69, 9.17) is 10.0 Å². The van der Waals surface area contributed by atoms with Crippen LogP contribution in [0.25, 0.3) is 0 Å². The average molecular weight is 354 g/mol. The van der Waals surface area contributed by atoms with Gasteiger partial charge in [0.15, 0.2) is 0 Å². The van der Waals surface area contributed by atoms with Gasteiger partial charge in [-0.1, -0.05) is 41.5 Å². The van der Waals surface area contributed by atoms with Gasteiger partial charge in [-0.3, -0.25) is 0 Å². The molecular formula is C20H39BO4. The van der Waals surface area contributed by atoms with Crippen LogP contribution in [0.1, 0.15) is 80.1 Å². The Bertz CT molecular complexity index is 438. The van der Waals surface area contributed by atoms with Crippen molar-refractivity contribution in [3.05, 3.63) is 0 Å². The third kappa shape index (κ3) is 2.99. The molecule has 0 saturated heterocycles. The Morgan fingerprint density at radius 1 is 0.680 bits per heavy atom. The molecule has 6 rings (SSSR count). The molecule has 0 aromatic heterocycles. The van der Waals surface area contributed by atoms with Gasteiger partial charge in [-0.2, -0.15) is 0 Å². The summed E-state index contributed by atoms with van der Waals surface area (Å²) in [6.07, 6.45) is 7.23. The van der Waals surface area contributed by atoms with Crippen LogP contribution in [-0.2, 0) is 0 Å². The lowest BCUT2D eigenvalue weighted by atomic mass is 9.43. The van der Waals surface area contributed by atoms with E-state index in [1.165, 1.54) is 25.7 Å².